The van der Waals surface area contributed by atoms with Crippen LogP contribution in [-0.2, 0) is 22.5 Å². The highest BCUT2D eigenvalue weighted by atomic mass is 16.5. The minimum absolute atomic E-state index is 0.0687. The van der Waals surface area contributed by atoms with Crippen LogP contribution >= 0.6 is 0 Å². The summed E-state index contributed by atoms with van der Waals surface area (Å²) in [6.45, 7) is 4.02. The molecule has 7 heteroatoms. The summed E-state index contributed by atoms with van der Waals surface area (Å²) in [5, 5.41) is 2.87. The van der Waals surface area contributed by atoms with Crippen molar-refractivity contribution in [3.63, 3.8) is 0 Å². The van der Waals surface area contributed by atoms with E-state index in [1.54, 1.807) is 7.11 Å². The average molecular weight is 452 g/mol. The number of ether oxygens (including phenoxy) is 3. The summed E-state index contributed by atoms with van der Waals surface area (Å²) in [5.41, 5.74) is 3.16. The predicted molar refractivity (Wildman–Crippen MR) is 131 cm³/mol. The van der Waals surface area contributed by atoms with E-state index in [1.165, 1.54) is 7.11 Å². The second kappa shape index (κ2) is 12.6. The summed E-state index contributed by atoms with van der Waals surface area (Å²) in [4.78, 5) is 16.4. The number of imidazole rings is 1. The van der Waals surface area contributed by atoms with Crippen LogP contribution in [0.1, 0.15) is 31.2 Å². The number of hydrogen-bond acceptors (Lipinski definition) is 5. The number of methoxy groups -OCH3 is 2. The Balaban J connectivity index is 1.56. The second-order valence-electron chi connectivity index (χ2n) is 7.67. The molecule has 0 unspecified atom stereocenters. The Morgan fingerprint density at radius 3 is 2.76 bits per heavy atom. The zero-order valence-electron chi connectivity index (χ0n) is 19.7. The predicted octanol–water partition coefficient (Wildman–Crippen LogP) is 4.24. The van der Waals surface area contributed by atoms with Gasteiger partial charge in [-0.1, -0.05) is 30.4 Å². The fourth-order valence-corrected chi connectivity index (χ4v) is 3.72. The van der Waals surface area contributed by atoms with Gasteiger partial charge >= 0.3 is 0 Å². The highest BCUT2D eigenvalue weighted by Crippen LogP contribution is 2.28. The summed E-state index contributed by atoms with van der Waals surface area (Å²) in [5.74, 6) is 2.35. The molecule has 3 rings (SSSR count). The summed E-state index contributed by atoms with van der Waals surface area (Å²) >= 11 is 0. The van der Waals surface area contributed by atoms with Gasteiger partial charge in [0.2, 0.25) is 5.91 Å². The zero-order chi connectivity index (χ0) is 23.5. The van der Waals surface area contributed by atoms with E-state index in [0.717, 1.165) is 53.3 Å². The summed E-state index contributed by atoms with van der Waals surface area (Å²) in [7, 11) is 3.17. The van der Waals surface area contributed by atoms with Crippen LogP contribution in [0.5, 0.6) is 11.5 Å². The van der Waals surface area contributed by atoms with Crippen LogP contribution in [-0.4, -0.2) is 49.4 Å². The number of nitrogens with zero attached hydrogens (tertiary/aromatic N) is 2. The van der Waals surface area contributed by atoms with Crippen molar-refractivity contribution in [3.8, 4) is 11.5 Å². The van der Waals surface area contributed by atoms with Crippen molar-refractivity contribution in [2.24, 2.45) is 0 Å². The van der Waals surface area contributed by atoms with E-state index in [4.69, 9.17) is 19.2 Å². The average Bonchev–Trinajstić information content (AvgIpc) is 3.17. The lowest BCUT2D eigenvalue weighted by Crippen LogP contribution is -2.29. The third-order valence-corrected chi connectivity index (χ3v) is 5.26. The number of carbonyl (C=O) groups excluding carboxylic acids is 1. The maximum absolute atomic E-state index is 11.7. The van der Waals surface area contributed by atoms with Crippen molar-refractivity contribution in [2.45, 2.75) is 32.7 Å². The Hall–Kier alpha value is -3.32. The fourth-order valence-electron chi connectivity index (χ4n) is 3.72. The van der Waals surface area contributed by atoms with Gasteiger partial charge in [-0.25, -0.2) is 4.98 Å². The molecule has 1 N–H and O–H groups in total. The lowest BCUT2D eigenvalue weighted by molar-refractivity contribution is -0.124. The van der Waals surface area contributed by atoms with Crippen molar-refractivity contribution in [2.75, 3.05) is 34.0 Å². The molecular formula is C26H33N3O4. The van der Waals surface area contributed by atoms with Gasteiger partial charge in [0.15, 0.2) is 11.5 Å². The van der Waals surface area contributed by atoms with Gasteiger partial charge in [-0.15, -0.1) is 0 Å². The number of hydrogen-bond donors (Lipinski definition) is 1. The molecule has 0 aliphatic heterocycles. The van der Waals surface area contributed by atoms with Crippen molar-refractivity contribution in [3.05, 3.63) is 59.9 Å². The number of unbranched alkanes of at least 4 members (excludes halogenated alkanes) is 1. The van der Waals surface area contributed by atoms with E-state index in [0.29, 0.717) is 19.6 Å². The molecule has 0 spiro atoms. The van der Waals surface area contributed by atoms with Crippen molar-refractivity contribution in [1.82, 2.24) is 14.9 Å². The summed E-state index contributed by atoms with van der Waals surface area (Å²) < 4.78 is 18.6. The molecule has 0 saturated heterocycles. The van der Waals surface area contributed by atoms with Crippen LogP contribution in [0, 0.1) is 0 Å². The molecule has 0 aliphatic rings. The van der Waals surface area contributed by atoms with Crippen molar-refractivity contribution >= 4 is 23.0 Å². The van der Waals surface area contributed by atoms with Gasteiger partial charge in [-0.3, -0.25) is 4.79 Å². The lowest BCUT2D eigenvalue weighted by atomic mass is 10.2. The molecule has 176 valence electrons. The van der Waals surface area contributed by atoms with Crippen LogP contribution in [0.3, 0.4) is 0 Å². The number of amides is 1. The largest absolute Gasteiger partial charge is 0.493 e. The molecule has 0 fully saturated rings. The first kappa shape index (κ1) is 24.3. The van der Waals surface area contributed by atoms with Gasteiger partial charge in [-0.05, 0) is 49.6 Å². The summed E-state index contributed by atoms with van der Waals surface area (Å²) in [6.07, 6.45) is 6.54. The number of aromatic nitrogens is 2. The third-order valence-electron chi connectivity index (χ3n) is 5.26. The number of para-hydroxylation sites is 2. The van der Waals surface area contributed by atoms with Crippen molar-refractivity contribution in [1.29, 1.82) is 0 Å². The highest BCUT2D eigenvalue weighted by molar-refractivity contribution is 5.77. The topological polar surface area (TPSA) is 74.6 Å². The monoisotopic (exact) mass is 451 g/mol. The molecule has 0 aliphatic carbocycles. The van der Waals surface area contributed by atoms with Gasteiger partial charge < -0.3 is 24.1 Å². The van der Waals surface area contributed by atoms with Gasteiger partial charge in [0, 0.05) is 26.6 Å². The number of aryl methyl sites for hydroxylation is 1. The highest BCUT2D eigenvalue weighted by Gasteiger charge is 2.11. The molecule has 2 aromatic carbocycles. The Morgan fingerprint density at radius 1 is 1.12 bits per heavy atom. The van der Waals surface area contributed by atoms with E-state index in [-0.39, 0.29) is 12.5 Å². The van der Waals surface area contributed by atoms with Crippen molar-refractivity contribution < 1.29 is 19.0 Å². The Labute approximate surface area is 195 Å². The Bertz CT molecular complexity index is 1070. The van der Waals surface area contributed by atoms with Crippen LogP contribution in [0.2, 0.25) is 0 Å². The number of carbonyl (C=O) groups is 1. The van der Waals surface area contributed by atoms with Gasteiger partial charge in [-0.2, -0.15) is 0 Å². The molecule has 7 nitrogen and oxygen atoms in total. The second-order valence-corrected chi connectivity index (χ2v) is 7.67. The van der Waals surface area contributed by atoms with E-state index < -0.39 is 0 Å². The lowest BCUT2D eigenvalue weighted by Gasteiger charge is -2.12. The van der Waals surface area contributed by atoms with Crippen LogP contribution in [0.15, 0.2) is 48.5 Å². The van der Waals surface area contributed by atoms with Gasteiger partial charge in [0.05, 0.1) is 24.8 Å². The van der Waals surface area contributed by atoms with E-state index in [9.17, 15) is 4.79 Å². The molecule has 1 heterocycles. The SMILES string of the molecule is C/C=C/c1ccc(OCCCCn2c(CCNC(=O)COC)nc3ccccc32)c(OC)c1. The molecule has 0 bridgehead atoms. The quantitative estimate of drug-likeness (QED) is 0.394. The zero-order valence-corrected chi connectivity index (χ0v) is 19.7. The first-order chi connectivity index (χ1) is 16.2. The number of benzene rings is 2. The molecular weight excluding hydrogens is 418 g/mol. The third kappa shape index (κ3) is 6.83. The molecule has 1 amide bonds. The number of nitrogens with one attached hydrogen (secondary N) is 1. The maximum atomic E-state index is 11.7. The van der Waals surface area contributed by atoms with Gasteiger partial charge in [0.25, 0.3) is 0 Å². The molecule has 0 atom stereocenters. The van der Waals surface area contributed by atoms with E-state index in [2.05, 4.69) is 16.0 Å². The molecule has 1 aromatic heterocycles. The first-order valence-corrected chi connectivity index (χ1v) is 11.3. The Kier molecular flexibility index (Phi) is 9.32. The van der Waals surface area contributed by atoms with E-state index >= 15 is 0 Å². The normalized spacial score (nSPS) is 11.2. The Morgan fingerprint density at radius 2 is 1.97 bits per heavy atom. The molecule has 0 radical (unpaired) electrons. The van der Waals surface area contributed by atoms with Crippen LogP contribution in [0.25, 0.3) is 17.1 Å². The standard InChI is InChI=1S/C26H33N3O4/c1-4-9-20-12-13-23(24(18-20)32-3)33-17-8-7-16-29-22-11-6-5-10-21(22)28-25(29)14-15-27-26(30)19-31-2/h4-6,9-13,18H,7-8,14-17,19H2,1-3H3,(H,27,30)/b9-4+. The fraction of sp³-hybridized carbons (Fsp3) is 0.385. The minimum atomic E-state index is -0.119. The molecule has 3 aromatic rings. The number of rotatable bonds is 13. The van der Waals surface area contributed by atoms with Crippen LogP contribution in [0.4, 0.5) is 0 Å². The van der Waals surface area contributed by atoms with E-state index in [1.807, 2.05) is 55.5 Å². The molecule has 0 saturated carbocycles. The molecule has 33 heavy (non-hydrogen) atoms. The summed E-state index contributed by atoms with van der Waals surface area (Å²) in [6, 6.07) is 14.1. The van der Waals surface area contributed by atoms with Gasteiger partial charge in [0.1, 0.15) is 12.4 Å². The number of allylic oxidation sites excluding steroid dienone is 1. The first-order valence-electron chi connectivity index (χ1n) is 11.3. The maximum Gasteiger partial charge on any atom is 0.245 e. The number of fused-ring (bicyclic) bond motifs is 1. The minimum Gasteiger partial charge on any atom is -0.493 e. The van der Waals surface area contributed by atoms with Crippen LogP contribution < -0.4 is 14.8 Å². The smallest absolute Gasteiger partial charge is 0.245 e.